The summed E-state index contributed by atoms with van der Waals surface area (Å²) in [7, 11) is 0. The molecule has 0 aliphatic carbocycles. The topological polar surface area (TPSA) is 73.9 Å². The van der Waals surface area contributed by atoms with Crippen molar-refractivity contribution in [1.29, 1.82) is 10.5 Å². The van der Waals surface area contributed by atoms with Gasteiger partial charge in [-0.1, -0.05) is 72.8 Å². The molecule has 194 valence electrons. The van der Waals surface area contributed by atoms with Crippen LogP contribution in [0.25, 0.3) is 77.3 Å². The van der Waals surface area contributed by atoms with E-state index >= 15 is 0 Å². The Morgan fingerprint density at radius 2 is 0.952 bits per heavy atom. The number of rotatable bonds is 3. The molecule has 8 aromatic rings. The molecule has 0 saturated heterocycles. The first kappa shape index (κ1) is 23.8. The van der Waals surface area contributed by atoms with Crippen LogP contribution < -0.4 is 0 Å². The van der Waals surface area contributed by atoms with Crippen molar-refractivity contribution in [3.63, 3.8) is 0 Å². The van der Waals surface area contributed by atoms with Crippen molar-refractivity contribution in [2.75, 3.05) is 0 Å². The third-order valence-electron chi connectivity index (χ3n) is 7.96. The lowest BCUT2D eigenvalue weighted by atomic mass is 9.86. The number of para-hydroxylation sites is 2. The summed E-state index contributed by atoms with van der Waals surface area (Å²) in [5, 5.41) is 24.3. The average Bonchev–Trinajstić information content (AvgIpc) is 3.62. The van der Waals surface area contributed by atoms with E-state index in [2.05, 4.69) is 36.4 Å². The van der Waals surface area contributed by atoms with Gasteiger partial charge in [-0.3, -0.25) is 0 Å². The van der Waals surface area contributed by atoms with Crippen LogP contribution in [0, 0.1) is 22.7 Å². The summed E-state index contributed by atoms with van der Waals surface area (Å²) in [6.45, 7) is 0. The lowest BCUT2D eigenvalue weighted by molar-refractivity contribution is 0.668. The Morgan fingerprint density at radius 1 is 0.429 bits per heavy atom. The zero-order valence-electron chi connectivity index (χ0n) is 22.3. The van der Waals surface area contributed by atoms with E-state index in [-0.39, 0.29) is 0 Å². The third kappa shape index (κ3) is 3.53. The highest BCUT2D eigenvalue weighted by Gasteiger charge is 2.22. The summed E-state index contributed by atoms with van der Waals surface area (Å²) in [5.74, 6) is 0. The molecule has 0 aliphatic heterocycles. The molecule has 0 unspecified atom stereocenters. The highest BCUT2D eigenvalue weighted by Crippen LogP contribution is 2.45. The largest absolute Gasteiger partial charge is 0.456 e. The Labute approximate surface area is 240 Å². The van der Waals surface area contributed by atoms with Gasteiger partial charge >= 0.3 is 0 Å². The molecular formula is C38H20N2O2. The molecule has 0 spiro atoms. The minimum Gasteiger partial charge on any atom is -0.456 e. The Bertz CT molecular complexity index is 2310. The fourth-order valence-corrected chi connectivity index (χ4v) is 6.12. The lowest BCUT2D eigenvalue weighted by Crippen LogP contribution is -1.94. The van der Waals surface area contributed by atoms with Gasteiger partial charge in [-0.2, -0.15) is 10.5 Å². The number of furan rings is 2. The van der Waals surface area contributed by atoms with Crippen LogP contribution >= 0.6 is 0 Å². The molecule has 4 heteroatoms. The van der Waals surface area contributed by atoms with Gasteiger partial charge in [0, 0.05) is 32.7 Å². The average molecular weight is 537 g/mol. The maximum atomic E-state index is 10.8. The summed E-state index contributed by atoms with van der Waals surface area (Å²) < 4.78 is 12.4. The van der Waals surface area contributed by atoms with Crippen molar-refractivity contribution in [3.05, 3.63) is 132 Å². The number of hydrogen-bond acceptors (Lipinski definition) is 4. The fraction of sp³-hybridized carbons (Fsp3) is 0. The van der Waals surface area contributed by atoms with E-state index in [0.29, 0.717) is 11.1 Å². The van der Waals surface area contributed by atoms with E-state index < -0.39 is 0 Å². The van der Waals surface area contributed by atoms with Gasteiger partial charge in [0.15, 0.2) is 0 Å². The molecule has 0 radical (unpaired) electrons. The first-order valence-corrected chi connectivity index (χ1v) is 13.6. The van der Waals surface area contributed by atoms with E-state index in [1.807, 2.05) is 91.0 Å². The summed E-state index contributed by atoms with van der Waals surface area (Å²) in [4.78, 5) is 0. The van der Waals surface area contributed by atoms with E-state index in [0.717, 1.165) is 77.3 Å². The van der Waals surface area contributed by atoms with Crippen LogP contribution in [-0.4, -0.2) is 0 Å². The van der Waals surface area contributed by atoms with Gasteiger partial charge in [-0.05, 0) is 70.8 Å². The van der Waals surface area contributed by atoms with Gasteiger partial charge in [-0.25, -0.2) is 0 Å². The van der Waals surface area contributed by atoms with E-state index in [1.165, 1.54) is 0 Å². The number of nitriles is 2. The van der Waals surface area contributed by atoms with Crippen LogP contribution in [0.15, 0.2) is 130 Å². The van der Waals surface area contributed by atoms with Crippen molar-refractivity contribution in [2.45, 2.75) is 0 Å². The molecule has 2 heterocycles. The highest BCUT2D eigenvalue weighted by molar-refractivity contribution is 6.16. The number of benzene rings is 6. The first-order valence-electron chi connectivity index (χ1n) is 13.6. The van der Waals surface area contributed by atoms with Gasteiger partial charge < -0.3 is 8.83 Å². The van der Waals surface area contributed by atoms with Crippen LogP contribution in [0.1, 0.15) is 11.1 Å². The van der Waals surface area contributed by atoms with Gasteiger partial charge in [0.05, 0.1) is 17.2 Å². The van der Waals surface area contributed by atoms with Crippen molar-refractivity contribution in [2.24, 2.45) is 0 Å². The number of nitrogens with zero attached hydrogens (tertiary/aromatic N) is 2. The Hall–Kier alpha value is -6.10. The normalized spacial score (nSPS) is 11.3. The Kier molecular flexibility index (Phi) is 5.22. The highest BCUT2D eigenvalue weighted by atomic mass is 16.3. The molecule has 2 aromatic heterocycles. The summed E-state index contributed by atoms with van der Waals surface area (Å²) in [6, 6.07) is 44.4. The Morgan fingerprint density at radius 3 is 1.50 bits per heavy atom. The van der Waals surface area contributed by atoms with Gasteiger partial charge in [0.25, 0.3) is 0 Å². The maximum absolute atomic E-state index is 10.8. The predicted molar refractivity (Wildman–Crippen MR) is 167 cm³/mol. The quantitative estimate of drug-likeness (QED) is 0.225. The second kappa shape index (κ2) is 9.24. The second-order valence-electron chi connectivity index (χ2n) is 10.3. The third-order valence-corrected chi connectivity index (χ3v) is 7.96. The van der Waals surface area contributed by atoms with Crippen LogP contribution in [-0.2, 0) is 0 Å². The molecule has 8 rings (SSSR count). The van der Waals surface area contributed by atoms with Crippen LogP contribution in [0.4, 0.5) is 0 Å². The second-order valence-corrected chi connectivity index (χ2v) is 10.3. The zero-order chi connectivity index (χ0) is 28.2. The summed E-state index contributed by atoms with van der Waals surface area (Å²) >= 11 is 0. The smallest absolute Gasteiger partial charge is 0.136 e. The van der Waals surface area contributed by atoms with Crippen molar-refractivity contribution in [1.82, 2.24) is 0 Å². The molecule has 0 amide bonds. The molecule has 0 N–H and O–H groups in total. The first-order chi connectivity index (χ1) is 20.7. The molecule has 42 heavy (non-hydrogen) atoms. The van der Waals surface area contributed by atoms with Crippen LogP contribution in [0.3, 0.4) is 0 Å². The zero-order valence-corrected chi connectivity index (χ0v) is 22.3. The van der Waals surface area contributed by atoms with E-state index in [9.17, 15) is 10.5 Å². The molecule has 0 saturated carbocycles. The minimum atomic E-state index is 0.561. The summed E-state index contributed by atoms with van der Waals surface area (Å²) in [6.07, 6.45) is 0. The fourth-order valence-electron chi connectivity index (χ4n) is 6.12. The summed E-state index contributed by atoms with van der Waals surface area (Å²) in [5.41, 5.74) is 9.49. The standard InChI is InChI=1S/C38H20N2O2/c39-21-23-8-5-9-24(18-23)25-19-30(26-12-6-16-35-37(26)28-10-1-3-14-33(28)41-35)32(22-40)31(20-25)27-13-7-17-36-38(27)29-11-2-4-15-34(29)42-36/h1-20H. The van der Waals surface area contributed by atoms with E-state index in [4.69, 9.17) is 8.83 Å². The monoisotopic (exact) mass is 536 g/mol. The molecule has 0 aliphatic rings. The molecule has 0 atom stereocenters. The van der Waals surface area contributed by atoms with Crippen LogP contribution in [0.2, 0.25) is 0 Å². The van der Waals surface area contributed by atoms with Crippen molar-refractivity contribution >= 4 is 43.9 Å². The molecule has 0 fully saturated rings. The minimum absolute atomic E-state index is 0.561. The number of fused-ring (bicyclic) bond motifs is 6. The van der Waals surface area contributed by atoms with Crippen molar-refractivity contribution in [3.8, 4) is 45.5 Å². The van der Waals surface area contributed by atoms with Crippen LogP contribution in [0.5, 0.6) is 0 Å². The molecule has 0 bridgehead atoms. The number of hydrogen-bond donors (Lipinski definition) is 0. The maximum Gasteiger partial charge on any atom is 0.136 e. The SMILES string of the molecule is N#Cc1cccc(-c2cc(-c3cccc4oc5ccccc5c34)c(C#N)c(-c3cccc4oc5ccccc5c34)c2)c1. The van der Waals surface area contributed by atoms with Gasteiger partial charge in [0.2, 0.25) is 0 Å². The predicted octanol–water partition coefficient (Wildman–Crippen LogP) is 10.2. The lowest BCUT2D eigenvalue weighted by Gasteiger charge is -2.16. The van der Waals surface area contributed by atoms with Gasteiger partial charge in [-0.15, -0.1) is 0 Å². The molecular weight excluding hydrogens is 516 g/mol. The Balaban J connectivity index is 1.52. The molecule has 6 aromatic carbocycles. The molecule has 4 nitrogen and oxygen atoms in total. The van der Waals surface area contributed by atoms with E-state index in [1.54, 1.807) is 6.07 Å². The van der Waals surface area contributed by atoms with Gasteiger partial charge in [0.1, 0.15) is 28.4 Å². The van der Waals surface area contributed by atoms with Crippen molar-refractivity contribution < 1.29 is 8.83 Å².